The highest BCUT2D eigenvalue weighted by Crippen LogP contribution is 2.19. The van der Waals surface area contributed by atoms with E-state index in [1.54, 1.807) is 6.21 Å². The van der Waals surface area contributed by atoms with Crippen LogP contribution in [0.25, 0.3) is 0 Å². The Kier molecular flexibility index (Phi) is 5.96. The molecule has 1 saturated heterocycles. The lowest BCUT2D eigenvalue weighted by atomic mass is 10.1. The Morgan fingerprint density at radius 2 is 1.92 bits per heavy atom. The third kappa shape index (κ3) is 5.13. The number of hydrazone groups is 1. The van der Waals surface area contributed by atoms with E-state index in [4.69, 9.17) is 12.2 Å². The minimum absolute atomic E-state index is 0.00119. The number of hydrogen-bond donors (Lipinski definition) is 3. The van der Waals surface area contributed by atoms with E-state index < -0.39 is 0 Å². The van der Waals surface area contributed by atoms with Gasteiger partial charge in [-0.05, 0) is 49.2 Å². The molecule has 136 valence electrons. The zero-order chi connectivity index (χ0) is 18.4. The minimum Gasteiger partial charge on any atom is -0.372 e. The maximum atomic E-state index is 11.9. The van der Waals surface area contributed by atoms with Gasteiger partial charge in [0.15, 0.2) is 4.77 Å². The molecule has 0 aliphatic carbocycles. The number of anilines is 1. The third-order valence-electron chi connectivity index (χ3n) is 4.18. The molecule has 3 rings (SSSR count). The van der Waals surface area contributed by atoms with E-state index in [2.05, 4.69) is 37.5 Å². The van der Waals surface area contributed by atoms with Gasteiger partial charge in [-0.15, -0.1) is 0 Å². The summed E-state index contributed by atoms with van der Waals surface area (Å²) in [5.41, 5.74) is 4.68. The van der Waals surface area contributed by atoms with Gasteiger partial charge in [0.1, 0.15) is 0 Å². The monoisotopic (exact) mass is 371 g/mol. The molecule has 0 saturated carbocycles. The highest BCUT2D eigenvalue weighted by Gasteiger charge is 2.10. The smallest absolute Gasteiger partial charge is 0.251 e. The molecule has 0 radical (unpaired) electrons. The molecule has 1 aromatic carbocycles. The predicted molar refractivity (Wildman–Crippen MR) is 104 cm³/mol. The molecule has 3 N–H and O–H groups in total. The molecule has 0 bridgehead atoms. The quantitative estimate of drug-likeness (QED) is 0.426. The molecule has 1 fully saturated rings. The molecule has 26 heavy (non-hydrogen) atoms. The predicted octanol–water partition coefficient (Wildman–Crippen LogP) is 2.12. The first kappa shape index (κ1) is 18.1. The van der Waals surface area contributed by atoms with Crippen molar-refractivity contribution in [3.05, 3.63) is 56.7 Å². The number of carbonyl (C=O) groups is 1. The van der Waals surface area contributed by atoms with Crippen molar-refractivity contribution in [2.45, 2.75) is 25.7 Å². The fourth-order valence-electron chi connectivity index (χ4n) is 2.93. The van der Waals surface area contributed by atoms with Crippen LogP contribution in [0.1, 0.15) is 30.5 Å². The number of hydrogen-bond acceptors (Lipinski definition) is 5. The topological polar surface area (TPSA) is 93.3 Å². The highest BCUT2D eigenvalue weighted by molar-refractivity contribution is 7.71. The maximum Gasteiger partial charge on any atom is 0.251 e. The SMILES string of the molecule is O=C(Cc1cc(=O)[nH]c(=S)[nH]1)N/N=C\c1ccc(N2CCCCC2)cc1. The summed E-state index contributed by atoms with van der Waals surface area (Å²) in [6.45, 7) is 2.21. The van der Waals surface area contributed by atoms with E-state index in [1.165, 1.54) is 31.0 Å². The van der Waals surface area contributed by atoms with Crippen LogP contribution in [0.15, 0.2) is 40.2 Å². The fourth-order valence-corrected chi connectivity index (χ4v) is 3.16. The van der Waals surface area contributed by atoms with Crippen molar-refractivity contribution in [2.24, 2.45) is 5.10 Å². The molecule has 1 aliphatic rings. The van der Waals surface area contributed by atoms with Gasteiger partial charge in [-0.25, -0.2) is 5.43 Å². The van der Waals surface area contributed by atoms with Crippen LogP contribution in [0, 0.1) is 4.77 Å². The Balaban J connectivity index is 1.53. The van der Waals surface area contributed by atoms with Crippen molar-refractivity contribution in [3.63, 3.8) is 0 Å². The summed E-state index contributed by atoms with van der Waals surface area (Å²) in [5.74, 6) is -0.331. The summed E-state index contributed by atoms with van der Waals surface area (Å²) in [4.78, 5) is 30.8. The molecule has 7 nitrogen and oxygen atoms in total. The normalized spacial score (nSPS) is 14.5. The molecular formula is C18H21N5O2S. The van der Waals surface area contributed by atoms with Gasteiger partial charge in [0, 0.05) is 30.5 Å². The summed E-state index contributed by atoms with van der Waals surface area (Å²) < 4.78 is 0.192. The number of nitrogens with zero attached hydrogens (tertiary/aromatic N) is 2. The first-order valence-corrected chi connectivity index (χ1v) is 9.00. The number of amides is 1. The number of rotatable bonds is 5. The van der Waals surface area contributed by atoms with Crippen LogP contribution in [0.4, 0.5) is 5.69 Å². The zero-order valence-electron chi connectivity index (χ0n) is 14.3. The maximum absolute atomic E-state index is 11.9. The minimum atomic E-state index is -0.339. The second-order valence-electron chi connectivity index (χ2n) is 6.22. The first-order valence-electron chi connectivity index (χ1n) is 8.59. The van der Waals surface area contributed by atoms with Crippen LogP contribution in [-0.4, -0.2) is 35.2 Å². The average molecular weight is 371 g/mol. The van der Waals surface area contributed by atoms with Gasteiger partial charge >= 0.3 is 0 Å². The highest BCUT2D eigenvalue weighted by atomic mass is 32.1. The van der Waals surface area contributed by atoms with E-state index >= 15 is 0 Å². The van der Waals surface area contributed by atoms with Gasteiger partial charge in [0.25, 0.3) is 5.56 Å². The first-order chi connectivity index (χ1) is 12.6. The molecule has 1 aromatic heterocycles. The van der Waals surface area contributed by atoms with E-state index in [-0.39, 0.29) is 22.7 Å². The Bertz CT molecular complexity index is 867. The number of carbonyl (C=O) groups excluding carboxylic acids is 1. The number of benzene rings is 1. The van der Waals surface area contributed by atoms with Crippen molar-refractivity contribution in [3.8, 4) is 0 Å². The molecule has 2 aromatic rings. The molecule has 1 amide bonds. The van der Waals surface area contributed by atoms with E-state index in [0.29, 0.717) is 5.69 Å². The number of H-pyrrole nitrogens is 2. The Morgan fingerprint density at radius 3 is 2.62 bits per heavy atom. The average Bonchev–Trinajstić information content (AvgIpc) is 2.62. The van der Waals surface area contributed by atoms with Crippen LogP contribution < -0.4 is 15.9 Å². The largest absolute Gasteiger partial charge is 0.372 e. The van der Waals surface area contributed by atoms with Gasteiger partial charge in [0.2, 0.25) is 5.91 Å². The lowest BCUT2D eigenvalue weighted by molar-refractivity contribution is -0.120. The number of nitrogens with one attached hydrogen (secondary N) is 3. The second-order valence-corrected chi connectivity index (χ2v) is 6.63. The van der Waals surface area contributed by atoms with Crippen molar-refractivity contribution < 1.29 is 4.79 Å². The van der Waals surface area contributed by atoms with E-state index in [9.17, 15) is 9.59 Å². The third-order valence-corrected chi connectivity index (χ3v) is 4.39. The van der Waals surface area contributed by atoms with Gasteiger partial charge < -0.3 is 9.88 Å². The van der Waals surface area contributed by atoms with Crippen LogP contribution >= 0.6 is 12.2 Å². The van der Waals surface area contributed by atoms with Crippen molar-refractivity contribution in [2.75, 3.05) is 18.0 Å². The van der Waals surface area contributed by atoms with Gasteiger partial charge in [-0.2, -0.15) is 5.10 Å². The second kappa shape index (κ2) is 8.57. The zero-order valence-corrected chi connectivity index (χ0v) is 15.1. The fraction of sp³-hybridized carbons (Fsp3) is 0.333. The van der Waals surface area contributed by atoms with Crippen molar-refractivity contribution in [1.82, 2.24) is 15.4 Å². The summed E-state index contributed by atoms with van der Waals surface area (Å²) in [5, 5.41) is 3.96. The van der Waals surface area contributed by atoms with Gasteiger partial charge in [0.05, 0.1) is 12.6 Å². The molecule has 0 atom stereocenters. The lowest BCUT2D eigenvalue weighted by Crippen LogP contribution is -2.29. The Labute approximate surface area is 156 Å². The van der Waals surface area contributed by atoms with Gasteiger partial charge in [-0.1, -0.05) is 12.1 Å². The number of piperidine rings is 1. The lowest BCUT2D eigenvalue weighted by Gasteiger charge is -2.28. The summed E-state index contributed by atoms with van der Waals surface area (Å²) in [6, 6.07) is 9.41. The summed E-state index contributed by atoms with van der Waals surface area (Å²) >= 11 is 4.87. The number of aromatic nitrogens is 2. The summed E-state index contributed by atoms with van der Waals surface area (Å²) in [7, 11) is 0. The Hall–Kier alpha value is -2.74. The molecule has 1 aliphatic heterocycles. The van der Waals surface area contributed by atoms with Crippen molar-refractivity contribution >= 4 is 30.0 Å². The number of aromatic amines is 2. The van der Waals surface area contributed by atoms with Crippen LogP contribution in [-0.2, 0) is 11.2 Å². The van der Waals surface area contributed by atoms with Crippen LogP contribution in [0.2, 0.25) is 0 Å². The molecular weight excluding hydrogens is 350 g/mol. The van der Waals surface area contributed by atoms with Gasteiger partial charge in [-0.3, -0.25) is 14.6 Å². The van der Waals surface area contributed by atoms with E-state index in [0.717, 1.165) is 18.7 Å². The molecule has 8 heteroatoms. The standard InChI is InChI=1S/C18H21N5O2S/c24-16-10-14(20-18(26)21-16)11-17(25)22-19-12-13-4-6-15(7-5-13)23-8-2-1-3-9-23/h4-7,10,12H,1-3,8-9,11H2,(H,22,25)(H2,20,21,24,26)/b19-12-. The summed E-state index contributed by atoms with van der Waals surface area (Å²) in [6.07, 6.45) is 5.39. The molecule has 0 unspecified atom stereocenters. The molecule has 2 heterocycles. The van der Waals surface area contributed by atoms with E-state index in [1.807, 2.05) is 12.1 Å². The molecule has 0 spiro atoms. The Morgan fingerprint density at radius 1 is 1.19 bits per heavy atom. The van der Waals surface area contributed by atoms with Crippen LogP contribution in [0.3, 0.4) is 0 Å². The van der Waals surface area contributed by atoms with Crippen LogP contribution in [0.5, 0.6) is 0 Å². The van der Waals surface area contributed by atoms with Crippen molar-refractivity contribution in [1.29, 1.82) is 0 Å².